The maximum absolute atomic E-state index is 13.5. The summed E-state index contributed by atoms with van der Waals surface area (Å²) in [6, 6.07) is 12.3. The number of rotatable bonds is 7. The summed E-state index contributed by atoms with van der Waals surface area (Å²) < 4.78 is 15.3. The molecule has 31 heavy (non-hydrogen) atoms. The molecule has 1 heterocycles. The monoisotopic (exact) mass is 439 g/mol. The number of halogens is 1. The van der Waals surface area contributed by atoms with Crippen LogP contribution in [0.2, 0.25) is 0 Å². The highest BCUT2D eigenvalue weighted by molar-refractivity contribution is 7.99. The van der Waals surface area contributed by atoms with Crippen LogP contribution in [0.25, 0.3) is 5.69 Å². The van der Waals surface area contributed by atoms with Gasteiger partial charge in [-0.1, -0.05) is 17.8 Å². The normalized spacial score (nSPS) is 14.0. The Balaban J connectivity index is 1.51. The lowest BCUT2D eigenvalue weighted by Crippen LogP contribution is -2.21. The van der Waals surface area contributed by atoms with Crippen LogP contribution in [0.15, 0.2) is 47.6 Å². The van der Waals surface area contributed by atoms with E-state index in [0.29, 0.717) is 5.16 Å². The van der Waals surface area contributed by atoms with E-state index in [4.69, 9.17) is 0 Å². The molecule has 0 aliphatic heterocycles. The van der Waals surface area contributed by atoms with Gasteiger partial charge in [0, 0.05) is 11.4 Å². The van der Waals surface area contributed by atoms with Crippen LogP contribution < -0.4 is 5.32 Å². The molecule has 1 aliphatic carbocycles. The van der Waals surface area contributed by atoms with Crippen molar-refractivity contribution in [1.82, 2.24) is 19.7 Å². The molecule has 1 atom stereocenters. The summed E-state index contributed by atoms with van der Waals surface area (Å²) >= 11 is 1.31. The Hall–Kier alpha value is -2.71. The number of nitrogens with one attached hydrogen (secondary N) is 1. The van der Waals surface area contributed by atoms with Crippen LogP contribution in [0.1, 0.15) is 36.3 Å². The number of carbonyl (C=O) groups excluding carboxylic acids is 1. The van der Waals surface area contributed by atoms with E-state index < -0.39 is 0 Å². The molecule has 0 radical (unpaired) electrons. The maximum Gasteiger partial charge on any atom is 0.234 e. The van der Waals surface area contributed by atoms with Gasteiger partial charge in [-0.3, -0.25) is 14.3 Å². The van der Waals surface area contributed by atoms with Gasteiger partial charge in [0.25, 0.3) is 0 Å². The average molecular weight is 440 g/mol. The lowest BCUT2D eigenvalue weighted by Gasteiger charge is -2.20. The summed E-state index contributed by atoms with van der Waals surface area (Å²) in [5.74, 6) is 0.533. The van der Waals surface area contributed by atoms with E-state index >= 15 is 0 Å². The zero-order chi connectivity index (χ0) is 22.0. The Kier molecular flexibility index (Phi) is 6.38. The number of aromatic nitrogens is 3. The first-order valence-electron chi connectivity index (χ1n) is 10.3. The number of aryl methyl sites for hydroxylation is 2. The summed E-state index contributed by atoms with van der Waals surface area (Å²) in [6.45, 7) is 2.03. The van der Waals surface area contributed by atoms with Crippen LogP contribution in [0.3, 0.4) is 0 Å². The Bertz CT molecular complexity index is 1080. The Morgan fingerprint density at radius 3 is 2.65 bits per heavy atom. The van der Waals surface area contributed by atoms with E-state index in [1.54, 1.807) is 12.1 Å². The molecule has 1 aromatic heterocycles. The van der Waals surface area contributed by atoms with Crippen molar-refractivity contribution in [2.24, 2.45) is 0 Å². The molecule has 3 aromatic rings. The molecule has 1 amide bonds. The number of benzene rings is 2. The first-order chi connectivity index (χ1) is 14.9. The second kappa shape index (κ2) is 9.20. The second-order valence-electron chi connectivity index (χ2n) is 7.97. The number of fused-ring (bicyclic) bond motifs is 1. The van der Waals surface area contributed by atoms with Gasteiger partial charge in [0.05, 0.1) is 11.8 Å². The highest BCUT2D eigenvalue weighted by atomic mass is 32.2. The minimum Gasteiger partial charge on any atom is -0.325 e. The molecule has 0 fully saturated rings. The van der Waals surface area contributed by atoms with Crippen molar-refractivity contribution in [2.75, 3.05) is 25.2 Å². The van der Waals surface area contributed by atoms with E-state index in [0.717, 1.165) is 30.0 Å². The smallest absolute Gasteiger partial charge is 0.234 e. The number of thioether (sulfide) groups is 1. The van der Waals surface area contributed by atoms with Crippen LogP contribution in [0.5, 0.6) is 0 Å². The van der Waals surface area contributed by atoms with E-state index in [-0.39, 0.29) is 23.5 Å². The van der Waals surface area contributed by atoms with Crippen LogP contribution in [-0.4, -0.2) is 45.4 Å². The molecule has 0 spiro atoms. The Labute approximate surface area is 185 Å². The average Bonchev–Trinajstić information content (AvgIpc) is 3.38. The van der Waals surface area contributed by atoms with Gasteiger partial charge in [-0.2, -0.15) is 0 Å². The summed E-state index contributed by atoms with van der Waals surface area (Å²) in [7, 11) is 3.93. The second-order valence-corrected chi connectivity index (χ2v) is 8.91. The molecule has 8 heteroatoms. The molecule has 0 bridgehead atoms. The number of carbonyl (C=O) groups is 1. The van der Waals surface area contributed by atoms with Gasteiger partial charge >= 0.3 is 0 Å². The summed E-state index contributed by atoms with van der Waals surface area (Å²) in [4.78, 5) is 14.6. The first-order valence-corrected chi connectivity index (χ1v) is 11.3. The zero-order valence-corrected chi connectivity index (χ0v) is 18.7. The van der Waals surface area contributed by atoms with E-state index in [9.17, 15) is 9.18 Å². The molecule has 6 nitrogen and oxygen atoms in total. The van der Waals surface area contributed by atoms with Crippen LogP contribution >= 0.6 is 11.8 Å². The third kappa shape index (κ3) is 4.80. The van der Waals surface area contributed by atoms with Gasteiger partial charge in [-0.15, -0.1) is 10.2 Å². The van der Waals surface area contributed by atoms with Gasteiger partial charge in [-0.25, -0.2) is 4.39 Å². The van der Waals surface area contributed by atoms with E-state index in [2.05, 4.69) is 27.6 Å². The quantitative estimate of drug-likeness (QED) is 0.558. The largest absolute Gasteiger partial charge is 0.325 e. The van der Waals surface area contributed by atoms with Gasteiger partial charge < -0.3 is 5.32 Å². The minimum atomic E-state index is -0.304. The summed E-state index contributed by atoms with van der Waals surface area (Å²) in [5.41, 5.74) is 4.29. The molecular formula is C23H26FN5OS. The predicted octanol–water partition coefficient (Wildman–Crippen LogP) is 4.25. The van der Waals surface area contributed by atoms with Crippen molar-refractivity contribution < 1.29 is 9.18 Å². The molecule has 1 aliphatic rings. The predicted molar refractivity (Wildman–Crippen MR) is 121 cm³/mol. The third-order valence-corrected chi connectivity index (χ3v) is 6.54. The molecule has 162 valence electrons. The first kappa shape index (κ1) is 21.5. The molecule has 4 rings (SSSR count). The van der Waals surface area contributed by atoms with Gasteiger partial charge in [-0.05, 0) is 87.8 Å². The lowest BCUT2D eigenvalue weighted by atomic mass is 10.1. The van der Waals surface area contributed by atoms with Crippen molar-refractivity contribution >= 4 is 23.4 Å². The van der Waals surface area contributed by atoms with Crippen molar-refractivity contribution in [3.05, 3.63) is 65.2 Å². The maximum atomic E-state index is 13.5. The molecule has 1 N–H and O–H groups in total. The van der Waals surface area contributed by atoms with Gasteiger partial charge in [0.2, 0.25) is 5.91 Å². The molecule has 0 saturated heterocycles. The van der Waals surface area contributed by atoms with Gasteiger partial charge in [0.1, 0.15) is 5.82 Å². The highest BCUT2D eigenvalue weighted by Gasteiger charge is 2.21. The number of hydrogen-bond donors (Lipinski definition) is 1. The van der Waals surface area contributed by atoms with Crippen molar-refractivity contribution in [1.29, 1.82) is 0 Å². The SMILES string of the molecule is C[C@@H](c1nnc(SCC(=O)Nc2ccc3c(c2)CCC3)n1-c1ccc(F)cc1)N(C)C. The number of amides is 1. The Morgan fingerprint density at radius 2 is 1.90 bits per heavy atom. The van der Waals surface area contributed by atoms with Crippen molar-refractivity contribution in [3.8, 4) is 5.69 Å². The molecule has 0 unspecified atom stereocenters. The summed E-state index contributed by atoms with van der Waals surface area (Å²) in [6.07, 6.45) is 3.36. The Morgan fingerprint density at radius 1 is 1.16 bits per heavy atom. The fourth-order valence-electron chi connectivity index (χ4n) is 3.69. The summed E-state index contributed by atoms with van der Waals surface area (Å²) in [5, 5.41) is 12.3. The van der Waals surface area contributed by atoms with Crippen molar-refractivity contribution in [3.63, 3.8) is 0 Å². The fourth-order valence-corrected chi connectivity index (χ4v) is 4.44. The molecular weight excluding hydrogens is 413 g/mol. The topological polar surface area (TPSA) is 63.1 Å². The lowest BCUT2D eigenvalue weighted by molar-refractivity contribution is -0.113. The van der Waals surface area contributed by atoms with Crippen LogP contribution in [0, 0.1) is 5.82 Å². The molecule has 0 saturated carbocycles. The van der Waals surface area contributed by atoms with Crippen molar-refractivity contribution in [2.45, 2.75) is 37.4 Å². The number of hydrogen-bond acceptors (Lipinski definition) is 5. The number of nitrogens with zero attached hydrogens (tertiary/aromatic N) is 4. The van der Waals surface area contributed by atoms with Crippen LogP contribution in [0.4, 0.5) is 10.1 Å². The standard InChI is InChI=1S/C23H26FN5OS/c1-15(28(2)3)22-26-27-23(29(22)20-11-8-18(24)9-12-20)31-14-21(30)25-19-10-7-16-5-4-6-17(16)13-19/h7-13,15H,4-6,14H2,1-3H3,(H,25,30)/t15-/m0/s1. The van der Waals surface area contributed by atoms with Crippen LogP contribution in [-0.2, 0) is 17.6 Å². The van der Waals surface area contributed by atoms with E-state index in [1.165, 1.54) is 41.4 Å². The van der Waals surface area contributed by atoms with Gasteiger partial charge in [0.15, 0.2) is 11.0 Å². The third-order valence-electron chi connectivity index (χ3n) is 5.61. The molecule has 2 aromatic carbocycles. The zero-order valence-electron chi connectivity index (χ0n) is 17.9. The number of anilines is 1. The highest BCUT2D eigenvalue weighted by Crippen LogP contribution is 2.28. The minimum absolute atomic E-state index is 0.00727. The van der Waals surface area contributed by atoms with E-state index in [1.807, 2.05) is 36.6 Å². The fraction of sp³-hybridized carbons (Fsp3) is 0.348.